The molecule has 3 aromatic carbocycles. The van der Waals surface area contributed by atoms with Crippen LogP contribution < -0.4 is 5.32 Å². The number of anilines is 1. The van der Waals surface area contributed by atoms with E-state index in [4.69, 9.17) is 4.98 Å². The van der Waals surface area contributed by atoms with Crippen molar-refractivity contribution in [3.05, 3.63) is 131 Å². The van der Waals surface area contributed by atoms with E-state index in [1.807, 2.05) is 60.0 Å². The molecule has 6 nitrogen and oxygen atoms in total. The molecule has 0 saturated carbocycles. The summed E-state index contributed by atoms with van der Waals surface area (Å²) in [5.74, 6) is -0.128. The van der Waals surface area contributed by atoms with Crippen LogP contribution >= 0.6 is 11.3 Å². The molecular formula is C26H21N5OS. The lowest BCUT2D eigenvalue weighted by Gasteiger charge is -2.36. The van der Waals surface area contributed by atoms with E-state index in [1.165, 1.54) is 28.6 Å². The number of hydrogen-bond donors (Lipinski definition) is 1. The van der Waals surface area contributed by atoms with Crippen LogP contribution in [0.1, 0.15) is 27.2 Å². The molecule has 0 atom stereocenters. The minimum atomic E-state index is -0.656. The van der Waals surface area contributed by atoms with Crippen molar-refractivity contribution in [3.63, 3.8) is 0 Å². The molecule has 0 spiro atoms. The molecule has 33 heavy (non-hydrogen) atoms. The lowest BCUT2D eigenvalue weighted by Crippen LogP contribution is -2.38. The van der Waals surface area contributed by atoms with E-state index in [0.717, 1.165) is 21.8 Å². The molecule has 0 fully saturated rings. The van der Waals surface area contributed by atoms with E-state index in [1.54, 1.807) is 0 Å². The van der Waals surface area contributed by atoms with Crippen molar-refractivity contribution in [2.45, 2.75) is 12.0 Å². The smallest absolute Gasteiger partial charge is 0.239 e. The zero-order valence-corrected chi connectivity index (χ0v) is 18.5. The number of hydrogen-bond acceptors (Lipinski definition) is 6. The van der Waals surface area contributed by atoms with Crippen molar-refractivity contribution in [2.75, 3.05) is 5.32 Å². The van der Waals surface area contributed by atoms with Crippen LogP contribution in [0, 0.1) is 0 Å². The Hall–Kier alpha value is -4.10. The highest BCUT2D eigenvalue weighted by Crippen LogP contribution is 2.40. The van der Waals surface area contributed by atoms with E-state index in [9.17, 15) is 4.79 Å². The highest BCUT2D eigenvalue weighted by atomic mass is 32.1. The Kier molecular flexibility index (Phi) is 5.78. The second-order valence-electron chi connectivity index (χ2n) is 7.56. The summed E-state index contributed by atoms with van der Waals surface area (Å²) in [5.41, 5.74) is 3.33. The van der Waals surface area contributed by atoms with Crippen LogP contribution in [0.2, 0.25) is 0 Å². The van der Waals surface area contributed by atoms with Crippen molar-refractivity contribution in [1.82, 2.24) is 19.7 Å². The van der Waals surface area contributed by atoms with Crippen LogP contribution in [0.25, 0.3) is 0 Å². The second-order valence-corrected chi connectivity index (χ2v) is 8.41. The molecule has 162 valence electrons. The third kappa shape index (κ3) is 4.18. The van der Waals surface area contributed by atoms with E-state index >= 15 is 0 Å². The fraction of sp³-hybridized carbons (Fsp3) is 0.0769. The first kappa shape index (κ1) is 20.8. The van der Waals surface area contributed by atoms with Gasteiger partial charge in [-0.05, 0) is 16.7 Å². The van der Waals surface area contributed by atoms with E-state index in [-0.39, 0.29) is 12.3 Å². The summed E-state index contributed by atoms with van der Waals surface area (Å²) in [6, 6.07) is 31.0. The number of rotatable bonds is 7. The van der Waals surface area contributed by atoms with Gasteiger partial charge in [-0.2, -0.15) is 0 Å². The number of benzene rings is 3. The van der Waals surface area contributed by atoms with Gasteiger partial charge >= 0.3 is 0 Å². The van der Waals surface area contributed by atoms with Gasteiger partial charge in [0, 0.05) is 5.38 Å². The highest BCUT2D eigenvalue weighted by Gasteiger charge is 2.37. The van der Waals surface area contributed by atoms with E-state index < -0.39 is 5.54 Å². The predicted octanol–water partition coefficient (Wildman–Crippen LogP) is 5.02. The molecule has 0 aliphatic heterocycles. The molecule has 0 saturated heterocycles. The normalized spacial score (nSPS) is 11.3. The van der Waals surface area contributed by atoms with Crippen molar-refractivity contribution in [3.8, 4) is 0 Å². The van der Waals surface area contributed by atoms with E-state index in [0.29, 0.717) is 5.69 Å². The van der Waals surface area contributed by atoms with Gasteiger partial charge in [0.15, 0.2) is 5.13 Å². The zero-order chi connectivity index (χ0) is 22.5. The molecular weight excluding hydrogens is 430 g/mol. The molecule has 2 heterocycles. The predicted molar refractivity (Wildman–Crippen MR) is 129 cm³/mol. The van der Waals surface area contributed by atoms with Crippen LogP contribution in [0.4, 0.5) is 5.13 Å². The summed E-state index contributed by atoms with van der Waals surface area (Å²) in [7, 11) is 0. The molecule has 0 aliphatic rings. The SMILES string of the molecule is O=C(Cc1csc(NC(c2ccccc2)(c2ccccc2)c2ccccc2)n1)n1cnnc1. The monoisotopic (exact) mass is 451 g/mol. The summed E-state index contributed by atoms with van der Waals surface area (Å²) in [4.78, 5) is 17.2. The lowest BCUT2D eigenvalue weighted by molar-refractivity contribution is 0.0912. The molecule has 0 amide bonds. The fourth-order valence-electron chi connectivity index (χ4n) is 3.96. The van der Waals surface area contributed by atoms with Gasteiger partial charge in [0.25, 0.3) is 0 Å². The number of carbonyl (C=O) groups excluding carboxylic acids is 1. The van der Waals surface area contributed by atoms with Crippen molar-refractivity contribution < 1.29 is 4.79 Å². The molecule has 0 aliphatic carbocycles. The zero-order valence-electron chi connectivity index (χ0n) is 17.7. The first-order valence-corrected chi connectivity index (χ1v) is 11.4. The van der Waals surface area contributed by atoms with Gasteiger partial charge in [0.1, 0.15) is 18.2 Å². The van der Waals surface area contributed by atoms with Crippen LogP contribution in [0.5, 0.6) is 0 Å². The number of aromatic nitrogens is 4. The first-order valence-electron chi connectivity index (χ1n) is 10.5. The molecule has 5 rings (SSSR count). The van der Waals surface area contributed by atoms with Gasteiger partial charge in [0.2, 0.25) is 5.91 Å². The third-order valence-corrected chi connectivity index (χ3v) is 6.31. The molecule has 0 radical (unpaired) electrons. The van der Waals surface area contributed by atoms with E-state index in [2.05, 4.69) is 51.9 Å². The van der Waals surface area contributed by atoms with Crippen LogP contribution in [-0.2, 0) is 12.0 Å². The number of nitrogens with one attached hydrogen (secondary N) is 1. The first-order chi connectivity index (χ1) is 16.3. The van der Waals surface area contributed by atoms with Crippen LogP contribution in [0.15, 0.2) is 109 Å². The molecule has 0 unspecified atom stereocenters. The molecule has 2 aromatic heterocycles. The van der Waals surface area contributed by atoms with Gasteiger partial charge in [-0.15, -0.1) is 21.5 Å². The standard InChI is InChI=1S/C26H21N5OS/c32-24(31-18-27-28-19-31)16-23-17-33-25(29-23)30-26(20-10-4-1-5-11-20,21-12-6-2-7-13-21)22-14-8-3-9-15-22/h1-15,17-19H,16H2,(H,29,30). The summed E-state index contributed by atoms with van der Waals surface area (Å²) in [6.07, 6.45) is 2.98. The molecule has 1 N–H and O–H groups in total. The topological polar surface area (TPSA) is 72.7 Å². The Labute approximate surface area is 195 Å². The molecule has 0 bridgehead atoms. The average Bonchev–Trinajstić information content (AvgIpc) is 3.57. The van der Waals surface area contributed by atoms with Crippen LogP contribution in [0.3, 0.4) is 0 Å². The maximum atomic E-state index is 12.5. The van der Waals surface area contributed by atoms with Crippen LogP contribution in [-0.4, -0.2) is 25.7 Å². The summed E-state index contributed by atoms with van der Waals surface area (Å²) in [6.45, 7) is 0. The fourth-order valence-corrected chi connectivity index (χ4v) is 4.73. The van der Waals surface area contributed by atoms with Crippen molar-refractivity contribution >= 4 is 22.4 Å². The van der Waals surface area contributed by atoms with Gasteiger partial charge in [-0.3, -0.25) is 9.36 Å². The molecule has 5 aromatic rings. The second kappa shape index (κ2) is 9.18. The van der Waals surface area contributed by atoms with Gasteiger partial charge in [-0.25, -0.2) is 4.98 Å². The number of nitrogens with zero attached hydrogens (tertiary/aromatic N) is 4. The minimum Gasteiger partial charge on any atom is -0.344 e. The van der Waals surface area contributed by atoms with Crippen molar-refractivity contribution in [1.29, 1.82) is 0 Å². The van der Waals surface area contributed by atoms with Gasteiger partial charge in [0.05, 0.1) is 12.1 Å². The average molecular weight is 452 g/mol. The lowest BCUT2D eigenvalue weighted by atomic mass is 9.77. The Balaban J connectivity index is 1.57. The summed E-state index contributed by atoms with van der Waals surface area (Å²) in [5, 5.41) is 13.8. The largest absolute Gasteiger partial charge is 0.344 e. The quantitative estimate of drug-likeness (QED) is 0.352. The number of thiazole rings is 1. The highest BCUT2D eigenvalue weighted by molar-refractivity contribution is 7.13. The third-order valence-electron chi connectivity index (χ3n) is 5.51. The number of carbonyl (C=O) groups is 1. The Morgan fingerprint density at radius 2 is 1.27 bits per heavy atom. The van der Waals surface area contributed by atoms with Crippen molar-refractivity contribution in [2.24, 2.45) is 0 Å². The Morgan fingerprint density at radius 3 is 1.76 bits per heavy atom. The minimum absolute atomic E-state index is 0.128. The summed E-state index contributed by atoms with van der Waals surface area (Å²) >= 11 is 1.48. The van der Waals surface area contributed by atoms with Gasteiger partial charge in [-0.1, -0.05) is 91.0 Å². The van der Waals surface area contributed by atoms with Gasteiger partial charge < -0.3 is 5.32 Å². The maximum Gasteiger partial charge on any atom is 0.239 e. The Morgan fingerprint density at radius 1 is 0.788 bits per heavy atom. The Bertz CT molecular complexity index is 1220. The molecule has 7 heteroatoms. The maximum absolute atomic E-state index is 12.5. The summed E-state index contributed by atoms with van der Waals surface area (Å²) < 4.78 is 1.37.